The Hall–Kier alpha value is 0.568. The fourth-order valence-electron chi connectivity index (χ4n) is 0.0577. The monoisotopic (exact) mass is 276 g/mol. The van der Waals surface area contributed by atoms with Crippen molar-refractivity contribution in [1.82, 2.24) is 0 Å². The Morgan fingerprint density at radius 1 is 1.14 bits per heavy atom. The molecule has 4 heteroatoms. The van der Waals surface area contributed by atoms with Gasteiger partial charge >= 0.3 is 0 Å². The molecule has 0 aliphatic rings. The molecule has 0 fully saturated rings. The van der Waals surface area contributed by atoms with Crippen LogP contribution in [-0.2, 0) is 21.1 Å². The van der Waals surface area contributed by atoms with E-state index in [2.05, 4.69) is 0 Å². The molecule has 0 amide bonds. The summed E-state index contributed by atoms with van der Waals surface area (Å²) < 4.78 is 0. The maximum absolute atomic E-state index is 8.17. The first-order valence-electron chi connectivity index (χ1n) is 1.71. The van der Waals surface area contributed by atoms with E-state index in [4.69, 9.17) is 15.3 Å². The van der Waals surface area contributed by atoms with Crippen molar-refractivity contribution < 1.29 is 36.4 Å². The molecule has 7 heavy (non-hydrogen) atoms. The van der Waals surface area contributed by atoms with E-state index in [9.17, 15) is 0 Å². The molecule has 0 atom stereocenters. The third kappa shape index (κ3) is 6.57. The first kappa shape index (κ1) is 10.5. The third-order valence-electron chi connectivity index (χ3n) is 0.421. The second-order valence-electron chi connectivity index (χ2n) is 1.02. The second kappa shape index (κ2) is 6.57. The predicted molar refractivity (Wildman–Crippen MR) is 20.2 cm³/mol. The van der Waals surface area contributed by atoms with Gasteiger partial charge in [-0.05, 0) is 0 Å². The smallest absolute Gasteiger partial charge is 0.100 e. The summed E-state index contributed by atoms with van der Waals surface area (Å²) in [7, 11) is 0. The van der Waals surface area contributed by atoms with Gasteiger partial charge in [0, 0.05) is 21.1 Å². The molecule has 0 saturated heterocycles. The van der Waals surface area contributed by atoms with Crippen LogP contribution in [0.15, 0.2) is 0 Å². The number of aliphatic hydroxyl groups excluding tert-OH is 3. The topological polar surface area (TPSA) is 60.7 Å². The Balaban J connectivity index is 0. The van der Waals surface area contributed by atoms with Crippen LogP contribution in [0, 0.1) is 0 Å². The van der Waals surface area contributed by atoms with Crippen molar-refractivity contribution in [2.45, 2.75) is 6.10 Å². The average molecular weight is 276 g/mol. The number of hydrogen-bond acceptors (Lipinski definition) is 3. The van der Waals surface area contributed by atoms with Gasteiger partial charge < -0.3 is 15.3 Å². The van der Waals surface area contributed by atoms with Crippen molar-refractivity contribution in [3.8, 4) is 0 Å². The molecule has 0 rings (SSSR count). The fraction of sp³-hybridized carbons (Fsp3) is 1.00. The van der Waals surface area contributed by atoms with E-state index < -0.39 is 6.10 Å². The van der Waals surface area contributed by atoms with Gasteiger partial charge in [0.05, 0.1) is 13.2 Å². The maximum Gasteiger partial charge on any atom is 0.100 e. The summed E-state index contributed by atoms with van der Waals surface area (Å²) in [5.41, 5.74) is 0. The molecular formula is C3H8O3W. The van der Waals surface area contributed by atoms with E-state index in [1.54, 1.807) is 0 Å². The van der Waals surface area contributed by atoms with Crippen LogP contribution in [0.2, 0.25) is 0 Å². The van der Waals surface area contributed by atoms with Gasteiger partial charge in [0.25, 0.3) is 0 Å². The van der Waals surface area contributed by atoms with E-state index in [1.807, 2.05) is 0 Å². The van der Waals surface area contributed by atoms with Crippen LogP contribution in [-0.4, -0.2) is 34.6 Å². The van der Waals surface area contributed by atoms with Gasteiger partial charge in [-0.1, -0.05) is 0 Å². The molecule has 3 nitrogen and oxygen atoms in total. The van der Waals surface area contributed by atoms with Gasteiger partial charge in [-0.15, -0.1) is 0 Å². The summed E-state index contributed by atoms with van der Waals surface area (Å²) >= 11 is 0. The Morgan fingerprint density at radius 3 is 1.43 bits per heavy atom. The summed E-state index contributed by atoms with van der Waals surface area (Å²) in [5, 5.41) is 24.0. The Labute approximate surface area is 56.2 Å². The van der Waals surface area contributed by atoms with Crippen molar-refractivity contribution in [1.29, 1.82) is 0 Å². The Morgan fingerprint density at radius 2 is 1.43 bits per heavy atom. The molecule has 0 aromatic heterocycles. The minimum absolute atomic E-state index is 0. The molecule has 0 spiro atoms. The molecule has 0 bridgehead atoms. The minimum atomic E-state index is -0.954. The molecule has 0 saturated carbocycles. The van der Waals surface area contributed by atoms with Crippen LogP contribution in [0.25, 0.3) is 0 Å². The summed E-state index contributed by atoms with van der Waals surface area (Å²) in [6, 6.07) is 0. The average Bonchev–Trinajstić information content (AvgIpc) is 1.65. The predicted octanol–water partition coefficient (Wildman–Crippen LogP) is -1.67. The van der Waals surface area contributed by atoms with E-state index in [0.29, 0.717) is 0 Å². The van der Waals surface area contributed by atoms with Crippen LogP contribution in [0.5, 0.6) is 0 Å². The van der Waals surface area contributed by atoms with E-state index in [-0.39, 0.29) is 34.3 Å². The first-order chi connectivity index (χ1) is 2.81. The normalized spacial score (nSPS) is 8.57. The molecule has 0 aromatic rings. The third-order valence-corrected chi connectivity index (χ3v) is 0.421. The number of hydrogen-bond donors (Lipinski definition) is 3. The summed E-state index contributed by atoms with van der Waals surface area (Å²) in [4.78, 5) is 0. The van der Waals surface area contributed by atoms with Crippen molar-refractivity contribution in [3.05, 3.63) is 0 Å². The van der Waals surface area contributed by atoms with Gasteiger partial charge in [0.1, 0.15) is 6.10 Å². The molecular weight excluding hydrogens is 268 g/mol. The van der Waals surface area contributed by atoms with Crippen molar-refractivity contribution in [2.24, 2.45) is 0 Å². The van der Waals surface area contributed by atoms with Gasteiger partial charge in [-0.2, -0.15) is 0 Å². The summed E-state index contributed by atoms with van der Waals surface area (Å²) in [5.74, 6) is 0. The molecule has 0 heterocycles. The molecule has 3 N–H and O–H groups in total. The van der Waals surface area contributed by atoms with Crippen molar-refractivity contribution in [2.75, 3.05) is 13.2 Å². The SMILES string of the molecule is OCC(O)CO.[W]. The molecule has 44 valence electrons. The quantitative estimate of drug-likeness (QED) is 0.565. The first-order valence-corrected chi connectivity index (χ1v) is 1.71. The standard InChI is InChI=1S/C3H8O3.W/c4-1-3(6)2-5;/h3-6H,1-2H2;. The van der Waals surface area contributed by atoms with Crippen molar-refractivity contribution >= 4 is 0 Å². The largest absolute Gasteiger partial charge is 0.394 e. The van der Waals surface area contributed by atoms with E-state index in [0.717, 1.165) is 0 Å². The van der Waals surface area contributed by atoms with E-state index in [1.165, 1.54) is 0 Å². The number of rotatable bonds is 2. The molecule has 0 aliphatic heterocycles. The number of aliphatic hydroxyl groups is 3. The summed E-state index contributed by atoms with van der Waals surface area (Å²) in [6.07, 6.45) is -0.954. The van der Waals surface area contributed by atoms with Crippen molar-refractivity contribution in [3.63, 3.8) is 0 Å². The summed E-state index contributed by atoms with van der Waals surface area (Å²) in [6.45, 7) is -0.729. The van der Waals surface area contributed by atoms with Crippen LogP contribution >= 0.6 is 0 Å². The minimum Gasteiger partial charge on any atom is -0.394 e. The van der Waals surface area contributed by atoms with Gasteiger partial charge in [0.2, 0.25) is 0 Å². The van der Waals surface area contributed by atoms with Crippen LogP contribution in [0.3, 0.4) is 0 Å². The molecule has 0 unspecified atom stereocenters. The van der Waals surface area contributed by atoms with E-state index >= 15 is 0 Å². The van der Waals surface area contributed by atoms with Gasteiger partial charge in [-0.3, -0.25) is 0 Å². The van der Waals surface area contributed by atoms with Gasteiger partial charge in [0.15, 0.2) is 0 Å². The van der Waals surface area contributed by atoms with Gasteiger partial charge in [-0.25, -0.2) is 0 Å². The zero-order valence-corrected chi connectivity index (χ0v) is 6.67. The Bertz CT molecular complexity index is 29.4. The van der Waals surface area contributed by atoms with Crippen LogP contribution < -0.4 is 0 Å². The molecule has 0 radical (unpaired) electrons. The maximum atomic E-state index is 8.17. The molecule has 0 aromatic carbocycles. The zero-order chi connectivity index (χ0) is 4.99. The van der Waals surface area contributed by atoms with Crippen LogP contribution in [0.4, 0.5) is 0 Å². The van der Waals surface area contributed by atoms with Crippen LogP contribution in [0.1, 0.15) is 0 Å². The zero-order valence-electron chi connectivity index (χ0n) is 3.74. The molecule has 0 aliphatic carbocycles. The fourth-order valence-corrected chi connectivity index (χ4v) is 0.0577. The Kier molecular flexibility index (Phi) is 9.88. The second-order valence-corrected chi connectivity index (χ2v) is 1.02.